The molecule has 1 aromatic heterocycles. The molecule has 10 nitrogen and oxygen atoms in total. The summed E-state index contributed by atoms with van der Waals surface area (Å²) in [4.78, 5) is 28.5. The van der Waals surface area contributed by atoms with Crippen LogP contribution in [0.3, 0.4) is 0 Å². The van der Waals surface area contributed by atoms with Gasteiger partial charge in [-0.05, 0) is 39.5 Å². The highest BCUT2D eigenvalue weighted by molar-refractivity contribution is 7.54. The Kier molecular flexibility index (Phi) is 7.88. The lowest BCUT2D eigenvalue weighted by atomic mass is 9.92. The van der Waals surface area contributed by atoms with Crippen molar-refractivity contribution in [1.29, 1.82) is 0 Å². The van der Waals surface area contributed by atoms with E-state index < -0.39 is 48.5 Å². The van der Waals surface area contributed by atoms with E-state index in [-0.39, 0.29) is 30.7 Å². The van der Waals surface area contributed by atoms with Crippen molar-refractivity contribution in [2.75, 3.05) is 0 Å². The fraction of sp³-hybridized carbons (Fsp3) is 0.700. The second kappa shape index (κ2) is 9.51. The van der Waals surface area contributed by atoms with E-state index in [1.165, 1.54) is 6.92 Å². The molecule has 5 N–H and O–H groups in total. The third-order valence-electron chi connectivity index (χ3n) is 5.71. The predicted molar refractivity (Wildman–Crippen MR) is 112 cm³/mol. The van der Waals surface area contributed by atoms with Crippen molar-refractivity contribution in [1.82, 2.24) is 9.97 Å². The summed E-state index contributed by atoms with van der Waals surface area (Å²) in [5, 5.41) is 29.5. The molecule has 0 amide bonds. The number of ether oxygens (including phenoxy) is 1. The maximum absolute atomic E-state index is 12.7. The first-order valence-electron chi connectivity index (χ1n) is 10.1. The molecular formula is C20H31N2O8P. The number of aromatic amines is 1. The summed E-state index contributed by atoms with van der Waals surface area (Å²) < 4.78 is 24.0. The van der Waals surface area contributed by atoms with Crippen LogP contribution in [0.5, 0.6) is 0 Å². The molecule has 1 saturated heterocycles. The molecule has 0 radical (unpaired) electrons. The molecule has 1 fully saturated rings. The first-order chi connectivity index (χ1) is 14.3. The van der Waals surface area contributed by atoms with E-state index in [1.54, 1.807) is 27.7 Å². The Bertz CT molecular complexity index is 952. The lowest BCUT2D eigenvalue weighted by Crippen LogP contribution is -2.40. The van der Waals surface area contributed by atoms with Gasteiger partial charge in [0.15, 0.2) is 5.34 Å². The number of aliphatic hydroxyl groups excluding tert-OH is 2. The van der Waals surface area contributed by atoms with E-state index >= 15 is 0 Å². The van der Waals surface area contributed by atoms with Crippen LogP contribution in [0.15, 0.2) is 11.0 Å². The van der Waals surface area contributed by atoms with Gasteiger partial charge < -0.3 is 34.5 Å². The van der Waals surface area contributed by atoms with Gasteiger partial charge in [-0.1, -0.05) is 19.8 Å². The Morgan fingerprint density at radius 2 is 1.94 bits per heavy atom. The van der Waals surface area contributed by atoms with Gasteiger partial charge in [0.2, 0.25) is 0 Å². The molecule has 0 bridgehead atoms. The van der Waals surface area contributed by atoms with Gasteiger partial charge in [-0.25, -0.2) is 4.98 Å². The van der Waals surface area contributed by atoms with Crippen LogP contribution in [0, 0.1) is 11.8 Å². The summed E-state index contributed by atoms with van der Waals surface area (Å²) in [6.45, 7) is 7.66. The molecule has 1 aromatic rings. The summed E-state index contributed by atoms with van der Waals surface area (Å²) in [7, 11) is -4.44. The molecule has 7 atom stereocenters. The van der Waals surface area contributed by atoms with Gasteiger partial charge in [0, 0.05) is 6.42 Å². The van der Waals surface area contributed by atoms with Crippen LogP contribution >= 0.6 is 7.60 Å². The van der Waals surface area contributed by atoms with Crippen molar-refractivity contribution in [3.8, 4) is 11.8 Å². The molecule has 0 aromatic carbocycles. The van der Waals surface area contributed by atoms with Gasteiger partial charge in [0.1, 0.15) is 29.7 Å². The summed E-state index contributed by atoms with van der Waals surface area (Å²) in [5.41, 5.74) is -1.38. The minimum absolute atomic E-state index is 0.00301. The van der Waals surface area contributed by atoms with Crippen molar-refractivity contribution >= 4 is 7.60 Å². The molecule has 2 rings (SSSR count). The van der Waals surface area contributed by atoms with Gasteiger partial charge >= 0.3 is 7.60 Å². The molecule has 11 heteroatoms. The van der Waals surface area contributed by atoms with Crippen LogP contribution in [0.4, 0.5) is 0 Å². The van der Waals surface area contributed by atoms with Crippen molar-refractivity contribution < 1.29 is 34.0 Å². The highest BCUT2D eigenvalue weighted by Gasteiger charge is 2.51. The molecule has 0 aliphatic carbocycles. The molecule has 0 spiro atoms. The van der Waals surface area contributed by atoms with Gasteiger partial charge in [-0.3, -0.25) is 9.36 Å². The van der Waals surface area contributed by atoms with Gasteiger partial charge in [0.05, 0.1) is 17.9 Å². The summed E-state index contributed by atoms with van der Waals surface area (Å²) in [6.07, 6.45) is -3.50. The zero-order valence-corrected chi connectivity index (χ0v) is 19.2. The highest BCUT2D eigenvalue weighted by atomic mass is 31.2. The van der Waals surface area contributed by atoms with E-state index in [4.69, 9.17) is 9.26 Å². The number of hydrogen-bond acceptors (Lipinski definition) is 8. The Morgan fingerprint density at radius 1 is 1.29 bits per heavy atom. The Morgan fingerprint density at radius 3 is 2.48 bits per heavy atom. The van der Waals surface area contributed by atoms with Crippen LogP contribution in [0.2, 0.25) is 0 Å². The molecule has 174 valence electrons. The number of aliphatic hydroxyl groups is 3. The second-order valence-corrected chi connectivity index (χ2v) is 10.3. The molecule has 1 aliphatic heterocycles. The smallest absolute Gasteiger partial charge is 0.359 e. The number of nitrogens with one attached hydrogen (secondary N) is 1. The lowest BCUT2D eigenvalue weighted by Gasteiger charge is -2.37. The number of H-pyrrole nitrogens is 1. The van der Waals surface area contributed by atoms with Crippen molar-refractivity contribution in [2.45, 2.75) is 89.2 Å². The molecule has 2 heterocycles. The van der Waals surface area contributed by atoms with Crippen LogP contribution in [0.1, 0.15) is 71.4 Å². The number of hydrogen-bond donors (Lipinski definition) is 5. The SMILES string of the molecule is CC#Cc1[nH]c(=O)cnc1C1OC(CC(C)(CC)OP(=O)(O)C(C)(O)CC)C(O)C1O. The minimum Gasteiger partial charge on any atom is -0.388 e. The first kappa shape index (κ1) is 25.7. The number of nitrogens with zero attached hydrogens (tertiary/aromatic N) is 1. The Labute approximate surface area is 181 Å². The topological polar surface area (TPSA) is 162 Å². The molecule has 7 unspecified atom stereocenters. The summed E-state index contributed by atoms with van der Waals surface area (Å²) >= 11 is 0. The third-order valence-corrected chi connectivity index (χ3v) is 7.93. The Hall–Kier alpha value is -1.57. The zero-order valence-electron chi connectivity index (χ0n) is 18.3. The van der Waals surface area contributed by atoms with Crippen molar-refractivity contribution in [2.24, 2.45) is 0 Å². The molecule has 1 aliphatic rings. The van der Waals surface area contributed by atoms with Crippen molar-refractivity contribution in [3.05, 3.63) is 27.9 Å². The van der Waals surface area contributed by atoms with Crippen LogP contribution < -0.4 is 5.56 Å². The third kappa shape index (κ3) is 5.44. The fourth-order valence-electron chi connectivity index (χ4n) is 3.26. The Balaban J connectivity index is 2.29. The van der Waals surface area contributed by atoms with E-state index in [0.717, 1.165) is 6.20 Å². The van der Waals surface area contributed by atoms with E-state index in [0.29, 0.717) is 0 Å². The molecule has 0 saturated carbocycles. The molecule has 31 heavy (non-hydrogen) atoms. The largest absolute Gasteiger partial charge is 0.388 e. The summed E-state index contributed by atoms with van der Waals surface area (Å²) in [6, 6.07) is 0. The quantitative estimate of drug-likeness (QED) is 0.284. The zero-order chi connectivity index (χ0) is 23.6. The van der Waals surface area contributed by atoms with Gasteiger partial charge in [0.25, 0.3) is 5.56 Å². The van der Waals surface area contributed by atoms with Gasteiger partial charge in [-0.15, -0.1) is 0 Å². The van der Waals surface area contributed by atoms with Gasteiger partial charge in [-0.2, -0.15) is 0 Å². The standard InChI is InChI=1S/C20H31N2O8P/c1-6-9-12-15(21-11-14(23)22-12)18-17(25)16(24)13(29-18)10-19(4,7-2)30-31(27,28)20(5,26)8-3/h11,13,16-18,24-26H,7-8,10H2,1-5H3,(H,22,23)(H,27,28). The summed E-state index contributed by atoms with van der Waals surface area (Å²) in [5.74, 6) is 5.34. The monoisotopic (exact) mass is 458 g/mol. The average Bonchev–Trinajstić information content (AvgIpc) is 2.96. The van der Waals surface area contributed by atoms with E-state index in [2.05, 4.69) is 21.8 Å². The van der Waals surface area contributed by atoms with Crippen LogP contribution in [0.25, 0.3) is 0 Å². The van der Waals surface area contributed by atoms with Crippen molar-refractivity contribution in [3.63, 3.8) is 0 Å². The first-order valence-corrected chi connectivity index (χ1v) is 11.7. The fourth-order valence-corrected chi connectivity index (χ4v) is 4.66. The maximum Gasteiger partial charge on any atom is 0.359 e. The normalized spacial score (nSPS) is 29.3. The number of aromatic nitrogens is 2. The average molecular weight is 458 g/mol. The predicted octanol–water partition coefficient (Wildman–Crippen LogP) is 1.18. The lowest BCUT2D eigenvalue weighted by molar-refractivity contribution is -0.0538. The highest BCUT2D eigenvalue weighted by Crippen LogP contribution is 2.59. The van der Waals surface area contributed by atoms with Crippen LogP contribution in [-0.2, 0) is 13.8 Å². The van der Waals surface area contributed by atoms with E-state index in [9.17, 15) is 29.6 Å². The van der Waals surface area contributed by atoms with Crippen LogP contribution in [-0.4, -0.2) is 59.4 Å². The number of rotatable bonds is 8. The second-order valence-electron chi connectivity index (χ2n) is 8.15. The maximum atomic E-state index is 12.7. The van der Waals surface area contributed by atoms with E-state index in [1.807, 2.05) is 0 Å². The minimum atomic E-state index is -4.44. The molecular weight excluding hydrogens is 427 g/mol.